The standard InChI is InChI=1S/C16H25N3OS/c1-16(2,3)19-9-7-18(8-10-19)14-11-12(20-4)5-6-13(14)15(17)21/h5-6,11H,7-10H2,1-4H3,(H2,17,21). The average molecular weight is 307 g/mol. The van der Waals surface area contributed by atoms with Crippen LogP contribution in [0.4, 0.5) is 5.69 Å². The van der Waals surface area contributed by atoms with Crippen LogP contribution >= 0.6 is 12.2 Å². The molecule has 1 fully saturated rings. The van der Waals surface area contributed by atoms with Gasteiger partial charge in [-0.15, -0.1) is 0 Å². The molecule has 2 N–H and O–H groups in total. The van der Waals surface area contributed by atoms with Crippen molar-refractivity contribution >= 4 is 22.9 Å². The van der Waals surface area contributed by atoms with E-state index in [1.807, 2.05) is 18.2 Å². The molecular formula is C16H25N3OS. The normalized spacial score (nSPS) is 16.9. The molecule has 4 nitrogen and oxygen atoms in total. The number of hydrogen-bond acceptors (Lipinski definition) is 4. The second-order valence-electron chi connectivity index (χ2n) is 6.39. The Morgan fingerprint density at radius 3 is 2.29 bits per heavy atom. The van der Waals surface area contributed by atoms with E-state index >= 15 is 0 Å². The van der Waals surface area contributed by atoms with Crippen molar-refractivity contribution < 1.29 is 4.74 Å². The van der Waals surface area contributed by atoms with Crippen molar-refractivity contribution in [3.63, 3.8) is 0 Å². The second kappa shape index (κ2) is 6.20. The van der Waals surface area contributed by atoms with Crippen LogP contribution in [0.25, 0.3) is 0 Å². The highest BCUT2D eigenvalue weighted by atomic mass is 32.1. The molecule has 1 aromatic carbocycles. The first-order valence-corrected chi connectivity index (χ1v) is 7.71. The number of ether oxygens (including phenoxy) is 1. The molecule has 1 saturated heterocycles. The number of rotatable bonds is 3. The van der Waals surface area contributed by atoms with E-state index < -0.39 is 0 Å². The van der Waals surface area contributed by atoms with Gasteiger partial charge in [0.15, 0.2) is 0 Å². The Hall–Kier alpha value is -1.33. The lowest BCUT2D eigenvalue weighted by molar-refractivity contribution is 0.128. The second-order valence-corrected chi connectivity index (χ2v) is 6.83. The Balaban J connectivity index is 2.21. The number of nitrogens with two attached hydrogens (primary N) is 1. The van der Waals surface area contributed by atoms with Crippen LogP contribution in [0.2, 0.25) is 0 Å². The molecule has 116 valence electrons. The van der Waals surface area contributed by atoms with Crippen LogP contribution in [0, 0.1) is 0 Å². The number of nitrogens with zero attached hydrogens (tertiary/aromatic N) is 2. The Bertz CT molecular complexity index is 517. The Morgan fingerprint density at radius 1 is 1.19 bits per heavy atom. The third-order valence-corrected chi connectivity index (χ3v) is 4.26. The quantitative estimate of drug-likeness (QED) is 0.868. The zero-order chi connectivity index (χ0) is 15.6. The van der Waals surface area contributed by atoms with Crippen molar-refractivity contribution in [2.24, 2.45) is 5.73 Å². The van der Waals surface area contributed by atoms with Crippen molar-refractivity contribution in [2.75, 3.05) is 38.2 Å². The molecule has 0 saturated carbocycles. The van der Waals surface area contributed by atoms with Gasteiger partial charge in [-0.3, -0.25) is 4.90 Å². The summed E-state index contributed by atoms with van der Waals surface area (Å²) in [6, 6.07) is 5.89. The summed E-state index contributed by atoms with van der Waals surface area (Å²) in [6.45, 7) is 10.8. The lowest BCUT2D eigenvalue weighted by atomic mass is 10.0. The first kappa shape index (κ1) is 16.0. The fourth-order valence-electron chi connectivity index (χ4n) is 2.73. The lowest BCUT2D eigenvalue weighted by Gasteiger charge is -2.43. The third kappa shape index (κ3) is 3.66. The Morgan fingerprint density at radius 2 is 1.81 bits per heavy atom. The minimum atomic E-state index is 0.215. The van der Waals surface area contributed by atoms with E-state index in [1.54, 1.807) is 7.11 Å². The number of piperazine rings is 1. The van der Waals surface area contributed by atoms with E-state index in [9.17, 15) is 0 Å². The van der Waals surface area contributed by atoms with Gasteiger partial charge >= 0.3 is 0 Å². The van der Waals surface area contributed by atoms with E-state index in [4.69, 9.17) is 22.7 Å². The van der Waals surface area contributed by atoms with Gasteiger partial charge in [-0.2, -0.15) is 0 Å². The van der Waals surface area contributed by atoms with Crippen LogP contribution in [0.1, 0.15) is 26.3 Å². The molecule has 21 heavy (non-hydrogen) atoms. The Kier molecular flexibility index (Phi) is 4.74. The van der Waals surface area contributed by atoms with Gasteiger partial charge in [-0.25, -0.2) is 0 Å². The molecule has 0 spiro atoms. The maximum Gasteiger partial charge on any atom is 0.120 e. The van der Waals surface area contributed by atoms with Crippen LogP contribution < -0.4 is 15.4 Å². The number of hydrogen-bond donors (Lipinski definition) is 1. The molecule has 0 atom stereocenters. The monoisotopic (exact) mass is 307 g/mol. The molecule has 0 unspecified atom stereocenters. The molecule has 1 aliphatic heterocycles. The summed E-state index contributed by atoms with van der Waals surface area (Å²) in [4.78, 5) is 5.29. The van der Waals surface area contributed by atoms with Gasteiger partial charge in [0, 0.05) is 43.3 Å². The maximum absolute atomic E-state index is 5.86. The van der Waals surface area contributed by atoms with E-state index in [1.165, 1.54) is 0 Å². The smallest absolute Gasteiger partial charge is 0.120 e. The van der Waals surface area contributed by atoms with Gasteiger partial charge < -0.3 is 15.4 Å². The fraction of sp³-hybridized carbons (Fsp3) is 0.562. The highest BCUT2D eigenvalue weighted by Crippen LogP contribution is 2.28. The lowest BCUT2D eigenvalue weighted by Crippen LogP contribution is -2.53. The largest absolute Gasteiger partial charge is 0.497 e. The molecule has 0 bridgehead atoms. The molecule has 0 aliphatic carbocycles. The van der Waals surface area contributed by atoms with Crippen molar-refractivity contribution in [3.05, 3.63) is 23.8 Å². The highest BCUT2D eigenvalue weighted by Gasteiger charge is 2.27. The molecule has 0 amide bonds. The van der Waals surface area contributed by atoms with E-state index in [2.05, 4.69) is 30.6 Å². The van der Waals surface area contributed by atoms with Gasteiger partial charge in [0.2, 0.25) is 0 Å². The van der Waals surface area contributed by atoms with Crippen molar-refractivity contribution in [2.45, 2.75) is 26.3 Å². The molecule has 1 aliphatic rings. The molecular weight excluding hydrogens is 282 g/mol. The predicted octanol–water partition coefficient (Wildman–Crippen LogP) is 2.25. The maximum atomic E-state index is 5.86. The zero-order valence-electron chi connectivity index (χ0n) is 13.3. The van der Waals surface area contributed by atoms with Crippen molar-refractivity contribution in [1.29, 1.82) is 0 Å². The molecule has 1 aromatic rings. The summed E-state index contributed by atoms with van der Waals surface area (Å²) in [7, 11) is 1.68. The third-order valence-electron chi connectivity index (χ3n) is 4.04. The first-order chi connectivity index (χ1) is 9.82. The summed E-state index contributed by atoms with van der Waals surface area (Å²) >= 11 is 5.18. The van der Waals surface area contributed by atoms with Crippen LogP contribution in [0.15, 0.2) is 18.2 Å². The van der Waals surface area contributed by atoms with Crippen LogP contribution in [0.3, 0.4) is 0 Å². The number of methoxy groups -OCH3 is 1. The highest BCUT2D eigenvalue weighted by molar-refractivity contribution is 7.80. The summed E-state index contributed by atoms with van der Waals surface area (Å²) in [5, 5.41) is 0. The zero-order valence-corrected chi connectivity index (χ0v) is 14.2. The number of thiocarbonyl (C=S) groups is 1. The summed E-state index contributed by atoms with van der Waals surface area (Å²) in [5.74, 6) is 0.836. The Labute approximate surface area is 132 Å². The van der Waals surface area contributed by atoms with Gasteiger partial charge in [0.05, 0.1) is 12.8 Å². The summed E-state index contributed by atoms with van der Waals surface area (Å²) in [5.41, 5.74) is 8.08. The van der Waals surface area contributed by atoms with E-state index in [0.29, 0.717) is 4.99 Å². The minimum absolute atomic E-state index is 0.215. The van der Waals surface area contributed by atoms with Gasteiger partial charge in [-0.1, -0.05) is 12.2 Å². The fourth-order valence-corrected chi connectivity index (χ4v) is 2.90. The van der Waals surface area contributed by atoms with Gasteiger partial charge in [-0.05, 0) is 32.9 Å². The molecule has 1 heterocycles. The minimum Gasteiger partial charge on any atom is -0.497 e. The molecule has 5 heteroatoms. The molecule has 0 aromatic heterocycles. The predicted molar refractivity (Wildman–Crippen MR) is 92.4 cm³/mol. The van der Waals surface area contributed by atoms with Gasteiger partial charge in [0.1, 0.15) is 10.7 Å². The summed E-state index contributed by atoms with van der Waals surface area (Å²) in [6.07, 6.45) is 0. The van der Waals surface area contributed by atoms with Crippen molar-refractivity contribution in [3.8, 4) is 5.75 Å². The van der Waals surface area contributed by atoms with E-state index in [0.717, 1.165) is 43.2 Å². The molecule has 0 radical (unpaired) electrons. The van der Waals surface area contributed by atoms with Crippen LogP contribution in [-0.2, 0) is 0 Å². The molecule has 2 rings (SSSR count). The van der Waals surface area contributed by atoms with Crippen molar-refractivity contribution in [1.82, 2.24) is 4.90 Å². The average Bonchev–Trinajstić information content (AvgIpc) is 2.45. The van der Waals surface area contributed by atoms with Crippen LogP contribution in [-0.4, -0.2) is 48.7 Å². The summed E-state index contributed by atoms with van der Waals surface area (Å²) < 4.78 is 5.33. The van der Waals surface area contributed by atoms with E-state index in [-0.39, 0.29) is 5.54 Å². The topological polar surface area (TPSA) is 41.7 Å². The SMILES string of the molecule is COc1ccc(C(N)=S)c(N2CCN(C(C)(C)C)CC2)c1. The first-order valence-electron chi connectivity index (χ1n) is 7.31. The van der Waals surface area contributed by atoms with Crippen LogP contribution in [0.5, 0.6) is 5.75 Å². The number of anilines is 1. The van der Waals surface area contributed by atoms with Gasteiger partial charge in [0.25, 0.3) is 0 Å². The number of benzene rings is 1.